The zero-order chi connectivity index (χ0) is 13.1. The Hall–Kier alpha value is -1.60. The molecule has 0 saturated carbocycles. The molecule has 2 aromatic carbocycles. The van der Waals surface area contributed by atoms with Crippen molar-refractivity contribution in [1.82, 2.24) is 5.32 Å². The van der Waals surface area contributed by atoms with Gasteiger partial charge in [-0.15, -0.1) is 0 Å². The van der Waals surface area contributed by atoms with Gasteiger partial charge in [-0.25, -0.2) is 0 Å². The van der Waals surface area contributed by atoms with E-state index in [0.29, 0.717) is 6.04 Å². The van der Waals surface area contributed by atoms with E-state index in [1.807, 2.05) is 0 Å². The van der Waals surface area contributed by atoms with Gasteiger partial charge in [0.25, 0.3) is 0 Å². The Labute approximate surface area is 115 Å². The van der Waals surface area contributed by atoms with Crippen molar-refractivity contribution in [3.63, 3.8) is 0 Å². The first kappa shape index (κ1) is 12.4. The fourth-order valence-corrected chi connectivity index (χ4v) is 2.93. The number of rotatable bonds is 5. The summed E-state index contributed by atoms with van der Waals surface area (Å²) in [5, 5.41) is 3.67. The predicted octanol–water partition coefficient (Wildman–Crippen LogP) is 3.55. The fraction of sp³-hybridized carbons (Fsp3) is 0.333. The summed E-state index contributed by atoms with van der Waals surface area (Å²) >= 11 is 0. The van der Waals surface area contributed by atoms with E-state index in [-0.39, 0.29) is 0 Å². The molecule has 19 heavy (non-hydrogen) atoms. The van der Waals surface area contributed by atoms with E-state index >= 15 is 0 Å². The second-order valence-electron chi connectivity index (χ2n) is 5.60. The molecule has 0 spiro atoms. The standard InChI is InChI=1S/C18H21N/c1-14(11-15-7-3-2-4-8-15)19-13-17-12-16-9-5-6-10-18(16)17/h2-10,14,17,19H,11-13H2,1H3. The van der Waals surface area contributed by atoms with Crippen molar-refractivity contribution in [2.45, 2.75) is 31.7 Å². The first-order chi connectivity index (χ1) is 9.33. The molecule has 0 bridgehead atoms. The number of nitrogens with one attached hydrogen (secondary N) is 1. The van der Waals surface area contributed by atoms with Crippen LogP contribution in [0.3, 0.4) is 0 Å². The van der Waals surface area contributed by atoms with Gasteiger partial charge >= 0.3 is 0 Å². The molecule has 1 nitrogen and oxygen atoms in total. The zero-order valence-electron chi connectivity index (χ0n) is 11.5. The largest absolute Gasteiger partial charge is 0.313 e. The van der Waals surface area contributed by atoms with Gasteiger partial charge < -0.3 is 5.32 Å². The Bertz CT molecular complexity index is 532. The SMILES string of the molecule is CC(Cc1ccccc1)NCC1Cc2ccccc21. The van der Waals surface area contributed by atoms with Gasteiger partial charge in [0.2, 0.25) is 0 Å². The number of fused-ring (bicyclic) bond motifs is 1. The maximum Gasteiger partial charge on any atom is 0.00793 e. The summed E-state index contributed by atoms with van der Waals surface area (Å²) in [4.78, 5) is 0. The van der Waals surface area contributed by atoms with Gasteiger partial charge in [-0.2, -0.15) is 0 Å². The van der Waals surface area contributed by atoms with E-state index in [1.165, 1.54) is 17.5 Å². The van der Waals surface area contributed by atoms with Crippen LogP contribution in [-0.4, -0.2) is 12.6 Å². The lowest BCUT2D eigenvalue weighted by Crippen LogP contribution is -2.35. The van der Waals surface area contributed by atoms with Gasteiger partial charge in [0.15, 0.2) is 0 Å². The molecule has 1 N–H and O–H groups in total. The summed E-state index contributed by atoms with van der Waals surface area (Å²) < 4.78 is 0. The molecule has 2 atom stereocenters. The third kappa shape index (κ3) is 2.87. The molecule has 1 heteroatoms. The Balaban J connectivity index is 1.49. The lowest BCUT2D eigenvalue weighted by Gasteiger charge is -2.31. The van der Waals surface area contributed by atoms with E-state index < -0.39 is 0 Å². The first-order valence-electron chi connectivity index (χ1n) is 7.18. The average Bonchev–Trinajstić information content (AvgIpc) is 2.41. The second-order valence-corrected chi connectivity index (χ2v) is 5.60. The van der Waals surface area contributed by atoms with Crippen molar-refractivity contribution in [1.29, 1.82) is 0 Å². The fourth-order valence-electron chi connectivity index (χ4n) is 2.93. The van der Waals surface area contributed by atoms with Crippen LogP contribution in [0.4, 0.5) is 0 Å². The van der Waals surface area contributed by atoms with Crippen LogP contribution in [0.2, 0.25) is 0 Å². The molecular formula is C18H21N. The van der Waals surface area contributed by atoms with E-state index in [4.69, 9.17) is 0 Å². The minimum atomic E-state index is 0.537. The third-order valence-corrected chi connectivity index (χ3v) is 4.06. The van der Waals surface area contributed by atoms with Crippen LogP contribution < -0.4 is 5.32 Å². The van der Waals surface area contributed by atoms with Crippen molar-refractivity contribution in [2.24, 2.45) is 0 Å². The molecule has 0 amide bonds. The summed E-state index contributed by atoms with van der Waals surface area (Å²) in [6.45, 7) is 3.38. The van der Waals surface area contributed by atoms with Crippen molar-refractivity contribution < 1.29 is 0 Å². The van der Waals surface area contributed by atoms with Gasteiger partial charge in [0.05, 0.1) is 0 Å². The van der Waals surface area contributed by atoms with Crippen molar-refractivity contribution in [3.8, 4) is 0 Å². The highest BCUT2D eigenvalue weighted by molar-refractivity contribution is 5.40. The summed E-state index contributed by atoms with van der Waals surface area (Å²) in [6.07, 6.45) is 2.34. The van der Waals surface area contributed by atoms with Crippen molar-refractivity contribution >= 4 is 0 Å². The topological polar surface area (TPSA) is 12.0 Å². The lowest BCUT2D eigenvalue weighted by atomic mass is 9.77. The van der Waals surface area contributed by atoms with Crippen molar-refractivity contribution in [2.75, 3.05) is 6.54 Å². The lowest BCUT2D eigenvalue weighted by molar-refractivity contribution is 0.477. The summed E-state index contributed by atoms with van der Waals surface area (Å²) in [5.74, 6) is 0.717. The van der Waals surface area contributed by atoms with Gasteiger partial charge in [-0.3, -0.25) is 0 Å². The molecule has 2 unspecified atom stereocenters. The predicted molar refractivity (Wildman–Crippen MR) is 80.5 cm³/mol. The Morgan fingerprint density at radius 1 is 1.05 bits per heavy atom. The molecular weight excluding hydrogens is 230 g/mol. The average molecular weight is 251 g/mol. The maximum atomic E-state index is 3.67. The van der Waals surface area contributed by atoms with Crippen LogP contribution in [0, 0.1) is 0 Å². The first-order valence-corrected chi connectivity index (χ1v) is 7.18. The molecule has 0 fully saturated rings. The van der Waals surface area contributed by atoms with E-state index in [9.17, 15) is 0 Å². The molecule has 0 aliphatic heterocycles. The second kappa shape index (κ2) is 5.58. The molecule has 1 aliphatic rings. The van der Waals surface area contributed by atoms with Gasteiger partial charge in [-0.1, -0.05) is 54.6 Å². The number of benzene rings is 2. The van der Waals surface area contributed by atoms with Crippen LogP contribution in [0.5, 0.6) is 0 Å². The van der Waals surface area contributed by atoms with Gasteiger partial charge in [-0.05, 0) is 36.5 Å². The van der Waals surface area contributed by atoms with Crippen LogP contribution >= 0.6 is 0 Å². The molecule has 0 heterocycles. The maximum absolute atomic E-state index is 3.67. The number of hydrogen-bond donors (Lipinski definition) is 1. The van der Waals surface area contributed by atoms with Crippen molar-refractivity contribution in [3.05, 3.63) is 71.3 Å². The Morgan fingerprint density at radius 2 is 1.79 bits per heavy atom. The van der Waals surface area contributed by atoms with Gasteiger partial charge in [0.1, 0.15) is 0 Å². The minimum absolute atomic E-state index is 0.537. The highest BCUT2D eigenvalue weighted by Crippen LogP contribution is 2.34. The Kier molecular flexibility index (Phi) is 3.65. The molecule has 3 rings (SSSR count). The normalized spacial score (nSPS) is 18.5. The molecule has 1 aliphatic carbocycles. The molecule has 0 aromatic heterocycles. The summed E-state index contributed by atoms with van der Waals surface area (Å²) in [5.41, 5.74) is 4.49. The monoisotopic (exact) mass is 251 g/mol. The molecule has 0 radical (unpaired) electrons. The van der Waals surface area contributed by atoms with Crippen LogP contribution in [0.1, 0.15) is 29.5 Å². The molecule has 2 aromatic rings. The van der Waals surface area contributed by atoms with Gasteiger partial charge in [0, 0.05) is 18.5 Å². The van der Waals surface area contributed by atoms with Crippen LogP contribution in [-0.2, 0) is 12.8 Å². The summed E-state index contributed by atoms with van der Waals surface area (Å²) in [7, 11) is 0. The van der Waals surface area contributed by atoms with E-state index in [2.05, 4.69) is 66.8 Å². The van der Waals surface area contributed by atoms with E-state index in [0.717, 1.165) is 18.9 Å². The minimum Gasteiger partial charge on any atom is -0.313 e. The Morgan fingerprint density at radius 3 is 2.58 bits per heavy atom. The summed E-state index contributed by atoms with van der Waals surface area (Å²) in [6, 6.07) is 20.1. The highest BCUT2D eigenvalue weighted by atomic mass is 14.9. The molecule has 0 saturated heterocycles. The third-order valence-electron chi connectivity index (χ3n) is 4.06. The van der Waals surface area contributed by atoms with Crippen LogP contribution in [0.25, 0.3) is 0 Å². The van der Waals surface area contributed by atoms with Crippen LogP contribution in [0.15, 0.2) is 54.6 Å². The zero-order valence-corrected chi connectivity index (χ0v) is 11.5. The quantitative estimate of drug-likeness (QED) is 0.857. The molecule has 98 valence electrons. The number of hydrogen-bond acceptors (Lipinski definition) is 1. The highest BCUT2D eigenvalue weighted by Gasteiger charge is 2.25. The smallest absolute Gasteiger partial charge is 0.00793 e. The van der Waals surface area contributed by atoms with E-state index in [1.54, 1.807) is 5.56 Å².